The maximum absolute atomic E-state index is 14.5. The van der Waals surface area contributed by atoms with Crippen LogP contribution in [0.5, 0.6) is 17.2 Å². The maximum atomic E-state index is 14.5. The minimum atomic E-state index is -0.609. The molecule has 0 bridgehead atoms. The highest BCUT2D eigenvalue weighted by atomic mass is 19.1. The summed E-state index contributed by atoms with van der Waals surface area (Å²) in [4.78, 5) is 28.6. The number of pyridine rings is 1. The predicted octanol–water partition coefficient (Wildman–Crippen LogP) is 4.54. The first-order valence-corrected chi connectivity index (χ1v) is 10.3. The van der Waals surface area contributed by atoms with Crippen molar-refractivity contribution in [3.8, 4) is 17.2 Å². The molecule has 0 saturated heterocycles. The number of methoxy groups -OCH3 is 1. The van der Waals surface area contributed by atoms with Crippen LogP contribution in [0.25, 0.3) is 16.5 Å². The molecule has 3 aromatic rings. The highest BCUT2D eigenvalue weighted by molar-refractivity contribution is 5.92. The number of carbonyl (C=O) groups excluding carboxylic acids is 2. The van der Waals surface area contributed by atoms with Crippen molar-refractivity contribution in [1.29, 1.82) is 0 Å². The average molecular weight is 447 g/mol. The number of hydrogen-bond acceptors (Lipinski definition) is 5. The van der Waals surface area contributed by atoms with E-state index in [2.05, 4.69) is 16.9 Å². The Bertz CT molecular complexity index is 1270. The standard InChI is InChI=1S/C25H22FN3O4/c1-3-25(31)29-10-7-16(8-11-29)18-13-19-21(14-24(18)32-2)27-9-6-22(19)33-23-5-4-17(28-15-30)12-20(23)26/h3-7,9,12-15H,1,8,10-11H2,2H3,(H,28,30). The molecule has 0 unspecified atom stereocenters. The van der Waals surface area contributed by atoms with Crippen molar-refractivity contribution in [3.05, 3.63) is 72.7 Å². The van der Waals surface area contributed by atoms with Crippen molar-refractivity contribution in [2.24, 2.45) is 0 Å². The zero-order valence-electron chi connectivity index (χ0n) is 18.0. The molecule has 1 aliphatic heterocycles. The molecular formula is C25H22FN3O4. The average Bonchev–Trinajstić information content (AvgIpc) is 2.84. The van der Waals surface area contributed by atoms with Gasteiger partial charge in [-0.2, -0.15) is 0 Å². The van der Waals surface area contributed by atoms with Gasteiger partial charge in [-0.05, 0) is 42.3 Å². The Labute approximate surface area is 190 Å². The smallest absolute Gasteiger partial charge is 0.246 e. The normalized spacial score (nSPS) is 13.3. The summed E-state index contributed by atoms with van der Waals surface area (Å²) in [6, 6.07) is 9.57. The first-order valence-electron chi connectivity index (χ1n) is 10.3. The Morgan fingerprint density at radius 3 is 2.73 bits per heavy atom. The first kappa shape index (κ1) is 22.0. The number of nitrogens with zero attached hydrogens (tertiary/aromatic N) is 2. The van der Waals surface area contributed by atoms with Gasteiger partial charge in [-0.25, -0.2) is 4.39 Å². The predicted molar refractivity (Wildman–Crippen MR) is 124 cm³/mol. The van der Waals surface area contributed by atoms with E-state index in [1.54, 1.807) is 30.3 Å². The molecule has 0 radical (unpaired) electrons. The van der Waals surface area contributed by atoms with E-state index in [9.17, 15) is 14.0 Å². The summed E-state index contributed by atoms with van der Waals surface area (Å²) in [7, 11) is 1.59. The Balaban J connectivity index is 1.72. The second-order valence-corrected chi connectivity index (χ2v) is 7.36. The van der Waals surface area contributed by atoms with Gasteiger partial charge in [-0.1, -0.05) is 12.7 Å². The van der Waals surface area contributed by atoms with E-state index in [0.717, 1.165) is 11.1 Å². The summed E-state index contributed by atoms with van der Waals surface area (Å²) in [5.74, 6) is 0.387. The molecule has 0 atom stereocenters. The molecule has 7 nitrogen and oxygen atoms in total. The van der Waals surface area contributed by atoms with Gasteiger partial charge >= 0.3 is 0 Å². The molecule has 1 aromatic heterocycles. The number of benzene rings is 2. The van der Waals surface area contributed by atoms with Crippen LogP contribution >= 0.6 is 0 Å². The number of anilines is 1. The zero-order valence-corrected chi connectivity index (χ0v) is 18.0. The zero-order chi connectivity index (χ0) is 23.4. The maximum Gasteiger partial charge on any atom is 0.246 e. The number of halogens is 1. The van der Waals surface area contributed by atoms with Crippen LogP contribution in [0.4, 0.5) is 10.1 Å². The molecule has 0 saturated carbocycles. The van der Waals surface area contributed by atoms with E-state index >= 15 is 0 Å². The lowest BCUT2D eigenvalue weighted by Crippen LogP contribution is -2.33. The van der Waals surface area contributed by atoms with Crippen LogP contribution in [0, 0.1) is 5.82 Å². The van der Waals surface area contributed by atoms with Crippen molar-refractivity contribution < 1.29 is 23.5 Å². The van der Waals surface area contributed by atoms with Crippen LogP contribution in [0.15, 0.2) is 61.3 Å². The fourth-order valence-corrected chi connectivity index (χ4v) is 3.76. The molecule has 4 rings (SSSR count). The topological polar surface area (TPSA) is 80.8 Å². The number of amides is 2. The molecule has 0 fully saturated rings. The van der Waals surface area contributed by atoms with Gasteiger partial charge in [0, 0.05) is 48.1 Å². The van der Waals surface area contributed by atoms with Crippen molar-refractivity contribution >= 4 is 34.5 Å². The Kier molecular flexibility index (Phi) is 6.35. The van der Waals surface area contributed by atoms with Crippen molar-refractivity contribution in [3.63, 3.8) is 0 Å². The number of fused-ring (bicyclic) bond motifs is 1. The third kappa shape index (κ3) is 4.55. The van der Waals surface area contributed by atoms with Crippen LogP contribution < -0.4 is 14.8 Å². The number of rotatable bonds is 7. The molecule has 2 aromatic carbocycles. The molecule has 2 amide bonds. The van der Waals surface area contributed by atoms with Crippen molar-refractivity contribution in [2.75, 3.05) is 25.5 Å². The summed E-state index contributed by atoms with van der Waals surface area (Å²) in [5.41, 5.74) is 2.86. The molecule has 1 aliphatic rings. The van der Waals surface area contributed by atoms with E-state index in [0.29, 0.717) is 54.0 Å². The summed E-state index contributed by atoms with van der Waals surface area (Å²) in [5, 5.41) is 3.09. The van der Waals surface area contributed by atoms with Gasteiger partial charge in [0.05, 0.1) is 12.6 Å². The number of hydrogen-bond donors (Lipinski definition) is 1. The molecule has 0 aliphatic carbocycles. The first-order chi connectivity index (χ1) is 16.0. The lowest BCUT2D eigenvalue weighted by atomic mass is 9.96. The molecule has 2 heterocycles. The van der Waals surface area contributed by atoms with Gasteiger partial charge in [0.1, 0.15) is 11.5 Å². The summed E-state index contributed by atoms with van der Waals surface area (Å²) >= 11 is 0. The number of aromatic nitrogens is 1. The molecule has 168 valence electrons. The minimum absolute atomic E-state index is 0.0202. The van der Waals surface area contributed by atoms with Crippen LogP contribution in [0.2, 0.25) is 0 Å². The lowest BCUT2D eigenvalue weighted by molar-refractivity contribution is -0.125. The van der Waals surface area contributed by atoms with E-state index in [1.165, 1.54) is 18.2 Å². The van der Waals surface area contributed by atoms with Crippen LogP contribution in [0.3, 0.4) is 0 Å². The molecular weight excluding hydrogens is 425 g/mol. The number of carbonyl (C=O) groups is 2. The van der Waals surface area contributed by atoms with Crippen molar-refractivity contribution in [2.45, 2.75) is 6.42 Å². The second-order valence-electron chi connectivity index (χ2n) is 7.36. The van der Waals surface area contributed by atoms with Crippen LogP contribution in [0.1, 0.15) is 12.0 Å². The van der Waals surface area contributed by atoms with E-state index in [4.69, 9.17) is 9.47 Å². The van der Waals surface area contributed by atoms with Gasteiger partial charge in [0.25, 0.3) is 0 Å². The summed E-state index contributed by atoms with van der Waals surface area (Å²) < 4.78 is 26.0. The second kappa shape index (κ2) is 9.52. The molecule has 1 N–H and O–H groups in total. The molecule has 8 heteroatoms. The highest BCUT2D eigenvalue weighted by Gasteiger charge is 2.20. The van der Waals surface area contributed by atoms with Gasteiger partial charge in [0.15, 0.2) is 11.6 Å². The molecule has 33 heavy (non-hydrogen) atoms. The van der Waals surface area contributed by atoms with Crippen LogP contribution in [-0.2, 0) is 9.59 Å². The Morgan fingerprint density at radius 2 is 2.06 bits per heavy atom. The summed E-state index contributed by atoms with van der Waals surface area (Å²) in [6.45, 7) is 4.59. The van der Waals surface area contributed by atoms with Gasteiger partial charge in [0.2, 0.25) is 12.3 Å². The van der Waals surface area contributed by atoms with Gasteiger partial charge < -0.3 is 19.7 Å². The fraction of sp³-hybridized carbons (Fsp3) is 0.160. The van der Waals surface area contributed by atoms with E-state index in [-0.39, 0.29) is 11.7 Å². The monoisotopic (exact) mass is 447 g/mol. The highest BCUT2D eigenvalue weighted by Crippen LogP contribution is 2.38. The SMILES string of the molecule is C=CC(=O)N1CC=C(c2cc3c(Oc4ccc(NC=O)cc4F)ccnc3cc2OC)CC1. The molecule has 0 spiro atoms. The number of nitrogens with one attached hydrogen (secondary N) is 1. The Hall–Kier alpha value is -4.20. The van der Waals surface area contributed by atoms with Gasteiger partial charge in [-0.15, -0.1) is 0 Å². The largest absolute Gasteiger partial charge is 0.496 e. The quantitative estimate of drug-likeness (QED) is 0.425. The minimum Gasteiger partial charge on any atom is -0.496 e. The summed E-state index contributed by atoms with van der Waals surface area (Å²) in [6.07, 6.45) is 6.01. The van der Waals surface area contributed by atoms with Gasteiger partial charge in [-0.3, -0.25) is 14.6 Å². The fourth-order valence-electron chi connectivity index (χ4n) is 3.76. The van der Waals surface area contributed by atoms with E-state index < -0.39 is 5.82 Å². The van der Waals surface area contributed by atoms with Crippen LogP contribution in [-0.4, -0.2) is 42.4 Å². The Morgan fingerprint density at radius 1 is 1.21 bits per heavy atom. The van der Waals surface area contributed by atoms with E-state index in [1.807, 2.05) is 18.2 Å². The third-order valence-electron chi connectivity index (χ3n) is 5.44. The lowest BCUT2D eigenvalue weighted by Gasteiger charge is -2.26. The third-order valence-corrected chi connectivity index (χ3v) is 5.44. The van der Waals surface area contributed by atoms with Crippen molar-refractivity contribution in [1.82, 2.24) is 9.88 Å². The number of ether oxygens (including phenoxy) is 2.